The number of benzene rings is 1. The van der Waals surface area contributed by atoms with Crippen molar-refractivity contribution in [3.8, 4) is 0 Å². The maximum absolute atomic E-state index is 12.0. The summed E-state index contributed by atoms with van der Waals surface area (Å²) in [4.78, 5) is 0.187. The van der Waals surface area contributed by atoms with Crippen LogP contribution in [0.4, 0.5) is 0 Å². The second kappa shape index (κ2) is 9.98. The first-order valence-electron chi connectivity index (χ1n) is 8.03. The minimum absolute atomic E-state index is 0.0560. The van der Waals surface area contributed by atoms with E-state index in [9.17, 15) is 8.42 Å². The summed E-state index contributed by atoms with van der Waals surface area (Å²) >= 11 is 0. The molecule has 0 N–H and O–H groups in total. The summed E-state index contributed by atoms with van der Waals surface area (Å²) in [5.74, 6) is 0.550. The molecule has 1 aromatic rings. The second-order valence-electron chi connectivity index (χ2n) is 5.58. The molecule has 0 aliphatic heterocycles. The molecular formula is C17H28O4S. The molecule has 0 aromatic heterocycles. The Morgan fingerprint density at radius 2 is 1.77 bits per heavy atom. The minimum atomic E-state index is -3.68. The summed E-state index contributed by atoms with van der Waals surface area (Å²) in [6.07, 6.45) is 4.65. The smallest absolute Gasteiger partial charge is 0.297 e. The van der Waals surface area contributed by atoms with Crippen molar-refractivity contribution in [2.24, 2.45) is 5.92 Å². The predicted molar refractivity (Wildman–Crippen MR) is 88.4 cm³/mol. The lowest BCUT2D eigenvalue weighted by molar-refractivity contribution is 0.0714. The van der Waals surface area contributed by atoms with Crippen LogP contribution in [0.1, 0.15) is 45.1 Å². The molecule has 5 heteroatoms. The van der Waals surface area contributed by atoms with Gasteiger partial charge in [0.25, 0.3) is 10.1 Å². The molecular weight excluding hydrogens is 300 g/mol. The highest BCUT2D eigenvalue weighted by atomic mass is 32.2. The van der Waals surface area contributed by atoms with Crippen molar-refractivity contribution in [1.82, 2.24) is 0 Å². The highest BCUT2D eigenvalue weighted by Crippen LogP contribution is 2.14. The van der Waals surface area contributed by atoms with Gasteiger partial charge in [-0.05, 0) is 31.4 Å². The van der Waals surface area contributed by atoms with Crippen molar-refractivity contribution in [2.45, 2.75) is 51.3 Å². The molecule has 0 spiro atoms. The molecule has 4 nitrogen and oxygen atoms in total. The molecule has 0 amide bonds. The molecule has 0 radical (unpaired) electrons. The molecule has 0 saturated heterocycles. The van der Waals surface area contributed by atoms with Crippen LogP contribution in [0, 0.1) is 12.8 Å². The van der Waals surface area contributed by atoms with E-state index in [2.05, 4.69) is 13.8 Å². The molecule has 0 heterocycles. The van der Waals surface area contributed by atoms with Gasteiger partial charge in [-0.3, -0.25) is 4.18 Å². The van der Waals surface area contributed by atoms with Gasteiger partial charge in [0.2, 0.25) is 0 Å². The topological polar surface area (TPSA) is 52.6 Å². The lowest BCUT2D eigenvalue weighted by Gasteiger charge is -2.14. The summed E-state index contributed by atoms with van der Waals surface area (Å²) < 4.78 is 34.5. The molecule has 0 bridgehead atoms. The van der Waals surface area contributed by atoms with E-state index in [0.717, 1.165) is 18.4 Å². The maximum Gasteiger partial charge on any atom is 0.297 e. The average Bonchev–Trinajstić information content (AvgIpc) is 2.50. The third-order valence-corrected chi connectivity index (χ3v) is 5.00. The third kappa shape index (κ3) is 6.90. The lowest BCUT2D eigenvalue weighted by atomic mass is 10.0. The van der Waals surface area contributed by atoms with Crippen molar-refractivity contribution in [3.05, 3.63) is 29.8 Å². The van der Waals surface area contributed by atoms with E-state index in [1.165, 1.54) is 12.8 Å². The Morgan fingerprint density at radius 3 is 2.36 bits per heavy atom. The predicted octanol–water partition coefficient (Wildman–Crippen LogP) is 3.93. The molecule has 1 unspecified atom stereocenters. The van der Waals surface area contributed by atoms with Gasteiger partial charge < -0.3 is 4.74 Å². The van der Waals surface area contributed by atoms with Crippen LogP contribution >= 0.6 is 0 Å². The molecule has 0 aliphatic rings. The van der Waals surface area contributed by atoms with Crippen LogP contribution in [-0.4, -0.2) is 28.2 Å². The van der Waals surface area contributed by atoms with Crippen LogP contribution in [0.2, 0.25) is 0 Å². The molecule has 1 aromatic carbocycles. The quantitative estimate of drug-likeness (QED) is 0.456. The van der Waals surface area contributed by atoms with Crippen molar-refractivity contribution in [1.29, 1.82) is 0 Å². The van der Waals surface area contributed by atoms with Gasteiger partial charge in [0.15, 0.2) is 0 Å². The first-order valence-corrected chi connectivity index (χ1v) is 9.44. The Balaban J connectivity index is 2.30. The van der Waals surface area contributed by atoms with Crippen LogP contribution in [0.25, 0.3) is 0 Å². The normalized spacial score (nSPS) is 13.2. The van der Waals surface area contributed by atoms with Gasteiger partial charge in [-0.15, -0.1) is 0 Å². The summed E-state index contributed by atoms with van der Waals surface area (Å²) in [6.45, 7) is 7.27. The van der Waals surface area contributed by atoms with Gasteiger partial charge in [0.1, 0.15) is 0 Å². The second-order valence-corrected chi connectivity index (χ2v) is 7.20. The first kappa shape index (κ1) is 19.1. The molecule has 0 saturated carbocycles. The SMILES string of the molecule is CCCCC(CC)COCCOS(=O)(=O)c1ccc(C)cc1. The standard InChI is InChI=1S/C17H28O4S/c1-4-6-7-16(5-2)14-20-12-13-21-22(18,19)17-10-8-15(3)9-11-17/h8-11,16H,4-7,12-14H2,1-3H3. The highest BCUT2D eigenvalue weighted by Gasteiger charge is 2.14. The van der Waals surface area contributed by atoms with E-state index in [4.69, 9.17) is 8.92 Å². The summed E-state index contributed by atoms with van der Waals surface area (Å²) in [7, 11) is -3.68. The average molecular weight is 328 g/mol. The van der Waals surface area contributed by atoms with Gasteiger partial charge in [0, 0.05) is 6.61 Å². The van der Waals surface area contributed by atoms with Crippen LogP contribution in [0.15, 0.2) is 29.2 Å². The summed E-state index contributed by atoms with van der Waals surface area (Å²) in [6, 6.07) is 6.63. The highest BCUT2D eigenvalue weighted by molar-refractivity contribution is 7.86. The Morgan fingerprint density at radius 1 is 1.09 bits per heavy atom. The monoisotopic (exact) mass is 328 g/mol. The fourth-order valence-corrected chi connectivity index (χ4v) is 3.02. The van der Waals surface area contributed by atoms with E-state index in [-0.39, 0.29) is 11.5 Å². The Bertz CT molecular complexity index is 508. The van der Waals surface area contributed by atoms with E-state index in [1.807, 2.05) is 6.92 Å². The Kier molecular flexibility index (Phi) is 8.68. The molecule has 126 valence electrons. The lowest BCUT2D eigenvalue weighted by Crippen LogP contribution is -2.15. The van der Waals surface area contributed by atoms with Crippen LogP contribution in [-0.2, 0) is 19.0 Å². The zero-order chi connectivity index (χ0) is 16.4. The zero-order valence-corrected chi connectivity index (χ0v) is 14.7. The van der Waals surface area contributed by atoms with Gasteiger partial charge in [0.05, 0.1) is 18.1 Å². The van der Waals surface area contributed by atoms with Gasteiger partial charge in [-0.2, -0.15) is 8.42 Å². The van der Waals surface area contributed by atoms with Gasteiger partial charge >= 0.3 is 0 Å². The fourth-order valence-electron chi connectivity index (χ4n) is 2.12. The molecule has 22 heavy (non-hydrogen) atoms. The largest absolute Gasteiger partial charge is 0.379 e. The van der Waals surface area contributed by atoms with Crippen molar-refractivity contribution in [2.75, 3.05) is 19.8 Å². The number of unbranched alkanes of at least 4 members (excludes halogenated alkanes) is 1. The molecule has 1 atom stereocenters. The molecule has 1 rings (SSSR count). The van der Waals surface area contributed by atoms with Crippen LogP contribution in [0.3, 0.4) is 0 Å². The van der Waals surface area contributed by atoms with Crippen molar-refractivity contribution < 1.29 is 17.3 Å². The number of aryl methyl sites for hydroxylation is 1. The van der Waals surface area contributed by atoms with E-state index in [1.54, 1.807) is 24.3 Å². The third-order valence-electron chi connectivity index (χ3n) is 3.67. The van der Waals surface area contributed by atoms with Crippen molar-refractivity contribution in [3.63, 3.8) is 0 Å². The van der Waals surface area contributed by atoms with Crippen LogP contribution < -0.4 is 0 Å². The number of ether oxygens (including phenoxy) is 1. The number of rotatable bonds is 11. The minimum Gasteiger partial charge on any atom is -0.379 e. The maximum atomic E-state index is 12.0. The van der Waals surface area contributed by atoms with E-state index in [0.29, 0.717) is 19.1 Å². The molecule has 0 fully saturated rings. The summed E-state index contributed by atoms with van der Waals surface area (Å²) in [5.41, 5.74) is 1.01. The summed E-state index contributed by atoms with van der Waals surface area (Å²) in [5, 5.41) is 0. The molecule has 0 aliphatic carbocycles. The van der Waals surface area contributed by atoms with Crippen molar-refractivity contribution >= 4 is 10.1 Å². The first-order chi connectivity index (χ1) is 10.5. The fraction of sp³-hybridized carbons (Fsp3) is 0.647. The van der Waals surface area contributed by atoms with E-state index >= 15 is 0 Å². The van der Waals surface area contributed by atoms with Crippen LogP contribution in [0.5, 0.6) is 0 Å². The van der Waals surface area contributed by atoms with E-state index < -0.39 is 10.1 Å². The zero-order valence-electron chi connectivity index (χ0n) is 13.9. The Labute approximate surface area is 135 Å². The van der Waals surface area contributed by atoms with Gasteiger partial charge in [-0.25, -0.2) is 0 Å². The number of hydrogen-bond donors (Lipinski definition) is 0. The van der Waals surface area contributed by atoms with Gasteiger partial charge in [-0.1, -0.05) is 50.8 Å². The number of hydrogen-bond acceptors (Lipinski definition) is 4. The Hall–Kier alpha value is -0.910.